The van der Waals surface area contributed by atoms with E-state index >= 15 is 0 Å². The van der Waals surface area contributed by atoms with Crippen LogP contribution in [0.3, 0.4) is 0 Å². The maximum atomic E-state index is 9.69. The molecule has 1 saturated carbocycles. The summed E-state index contributed by atoms with van der Waals surface area (Å²) in [6, 6.07) is 0. The van der Waals surface area contributed by atoms with Gasteiger partial charge >= 0.3 is 0 Å². The number of rotatable bonds is 13. The number of unbranched alkanes of at least 4 members (excludes halogenated alkanes) is 3. The first-order valence-electron chi connectivity index (χ1n) is 7.79. The Kier molecular flexibility index (Phi) is 9.54. The molecule has 1 aliphatic carbocycles. The highest BCUT2D eigenvalue weighted by Gasteiger charge is 2.19. The van der Waals surface area contributed by atoms with Crippen LogP contribution < -0.4 is 5.32 Å². The molecular formula is C15H31NO2. The third-order valence-electron chi connectivity index (χ3n) is 3.50. The Balaban J connectivity index is 1.74. The van der Waals surface area contributed by atoms with Crippen LogP contribution in [0.25, 0.3) is 0 Å². The highest BCUT2D eigenvalue weighted by molar-refractivity contribution is 4.73. The molecule has 1 unspecified atom stereocenters. The van der Waals surface area contributed by atoms with Crippen molar-refractivity contribution in [1.82, 2.24) is 5.32 Å². The van der Waals surface area contributed by atoms with E-state index in [4.69, 9.17) is 4.74 Å². The van der Waals surface area contributed by atoms with E-state index in [9.17, 15) is 5.11 Å². The predicted octanol–water partition coefficient (Wildman–Crippen LogP) is 2.72. The second-order valence-electron chi connectivity index (χ2n) is 5.58. The standard InChI is InChI=1S/C15H31NO2/c1-2-3-4-5-11-18-13-15(17)12-16-10-6-7-14-8-9-14/h14-17H,2-13H2,1H3. The van der Waals surface area contributed by atoms with Crippen LogP contribution in [0.4, 0.5) is 0 Å². The van der Waals surface area contributed by atoms with Crippen LogP contribution in [0.5, 0.6) is 0 Å². The molecule has 0 aromatic heterocycles. The average molecular weight is 257 g/mol. The molecule has 3 nitrogen and oxygen atoms in total. The topological polar surface area (TPSA) is 41.5 Å². The fourth-order valence-corrected chi connectivity index (χ4v) is 2.10. The number of aliphatic hydroxyl groups excluding tert-OH is 1. The van der Waals surface area contributed by atoms with Gasteiger partial charge in [-0.2, -0.15) is 0 Å². The molecule has 0 aromatic carbocycles. The second-order valence-corrected chi connectivity index (χ2v) is 5.58. The third kappa shape index (κ3) is 9.86. The third-order valence-corrected chi connectivity index (χ3v) is 3.50. The van der Waals surface area contributed by atoms with Gasteiger partial charge < -0.3 is 15.2 Å². The van der Waals surface area contributed by atoms with E-state index in [1.807, 2.05) is 0 Å². The zero-order chi connectivity index (χ0) is 13.1. The van der Waals surface area contributed by atoms with Gasteiger partial charge in [0.1, 0.15) is 0 Å². The summed E-state index contributed by atoms with van der Waals surface area (Å²) in [7, 11) is 0. The lowest BCUT2D eigenvalue weighted by Gasteiger charge is -2.12. The van der Waals surface area contributed by atoms with Crippen molar-refractivity contribution >= 4 is 0 Å². The number of nitrogens with one attached hydrogen (secondary N) is 1. The molecule has 0 aliphatic heterocycles. The van der Waals surface area contributed by atoms with Crippen LogP contribution in [0.1, 0.15) is 58.3 Å². The Labute approximate surface area is 112 Å². The molecule has 0 radical (unpaired) electrons. The zero-order valence-corrected chi connectivity index (χ0v) is 12.0. The van der Waals surface area contributed by atoms with Crippen LogP contribution in [0.15, 0.2) is 0 Å². The molecule has 1 fully saturated rings. The van der Waals surface area contributed by atoms with Crippen molar-refractivity contribution in [3.63, 3.8) is 0 Å². The molecule has 1 aliphatic rings. The Bertz CT molecular complexity index is 183. The van der Waals surface area contributed by atoms with Gasteiger partial charge in [-0.3, -0.25) is 0 Å². The fraction of sp³-hybridized carbons (Fsp3) is 1.00. The first-order chi connectivity index (χ1) is 8.83. The normalized spacial score (nSPS) is 17.0. The molecule has 0 saturated heterocycles. The van der Waals surface area contributed by atoms with E-state index in [1.54, 1.807) is 0 Å². The summed E-state index contributed by atoms with van der Waals surface area (Å²) in [6.45, 7) is 5.17. The molecular weight excluding hydrogens is 226 g/mol. The minimum Gasteiger partial charge on any atom is -0.389 e. The number of aliphatic hydroxyl groups is 1. The van der Waals surface area contributed by atoms with Crippen LogP contribution in [0.2, 0.25) is 0 Å². The molecule has 0 aromatic rings. The Hall–Kier alpha value is -0.120. The SMILES string of the molecule is CCCCCCOCC(O)CNCCCC1CC1. The van der Waals surface area contributed by atoms with E-state index in [2.05, 4.69) is 12.2 Å². The molecule has 1 atom stereocenters. The van der Waals surface area contributed by atoms with Crippen molar-refractivity contribution in [2.45, 2.75) is 64.4 Å². The highest BCUT2D eigenvalue weighted by Crippen LogP contribution is 2.33. The summed E-state index contributed by atoms with van der Waals surface area (Å²) in [5.41, 5.74) is 0. The van der Waals surface area contributed by atoms with Crippen molar-refractivity contribution in [3.8, 4) is 0 Å². The number of hydrogen-bond donors (Lipinski definition) is 2. The zero-order valence-electron chi connectivity index (χ0n) is 12.0. The summed E-state index contributed by atoms with van der Waals surface area (Å²) in [4.78, 5) is 0. The average Bonchev–Trinajstić information content (AvgIpc) is 3.17. The number of ether oxygens (including phenoxy) is 1. The summed E-state index contributed by atoms with van der Waals surface area (Å²) in [6.07, 6.45) is 10.0. The van der Waals surface area contributed by atoms with Crippen LogP contribution in [-0.2, 0) is 4.74 Å². The van der Waals surface area contributed by atoms with Crippen molar-refractivity contribution in [1.29, 1.82) is 0 Å². The fourth-order valence-electron chi connectivity index (χ4n) is 2.10. The Morgan fingerprint density at radius 2 is 2.06 bits per heavy atom. The lowest BCUT2D eigenvalue weighted by Crippen LogP contribution is -2.31. The maximum absolute atomic E-state index is 9.69. The van der Waals surface area contributed by atoms with Gasteiger partial charge in [-0.05, 0) is 31.7 Å². The van der Waals surface area contributed by atoms with Gasteiger partial charge in [-0.15, -0.1) is 0 Å². The van der Waals surface area contributed by atoms with Gasteiger partial charge in [0.25, 0.3) is 0 Å². The van der Waals surface area contributed by atoms with E-state index in [0.29, 0.717) is 13.2 Å². The van der Waals surface area contributed by atoms with Crippen molar-refractivity contribution in [3.05, 3.63) is 0 Å². The summed E-state index contributed by atoms with van der Waals surface area (Å²) >= 11 is 0. The van der Waals surface area contributed by atoms with Gasteiger partial charge in [-0.1, -0.05) is 39.0 Å². The molecule has 18 heavy (non-hydrogen) atoms. The van der Waals surface area contributed by atoms with E-state index in [0.717, 1.165) is 25.5 Å². The van der Waals surface area contributed by atoms with Crippen LogP contribution in [-0.4, -0.2) is 37.5 Å². The van der Waals surface area contributed by atoms with Gasteiger partial charge in [0, 0.05) is 13.2 Å². The first-order valence-corrected chi connectivity index (χ1v) is 7.79. The summed E-state index contributed by atoms with van der Waals surface area (Å²) in [5, 5.41) is 13.0. The van der Waals surface area contributed by atoms with Crippen molar-refractivity contribution in [2.24, 2.45) is 5.92 Å². The minimum absolute atomic E-state index is 0.350. The quantitative estimate of drug-likeness (QED) is 0.499. The summed E-state index contributed by atoms with van der Waals surface area (Å²) in [5.74, 6) is 1.02. The molecule has 108 valence electrons. The van der Waals surface area contributed by atoms with Crippen LogP contribution in [0, 0.1) is 5.92 Å². The Morgan fingerprint density at radius 3 is 2.78 bits per heavy atom. The molecule has 1 rings (SSSR count). The monoisotopic (exact) mass is 257 g/mol. The first kappa shape index (κ1) is 15.9. The largest absolute Gasteiger partial charge is 0.389 e. The summed E-state index contributed by atoms with van der Waals surface area (Å²) < 4.78 is 5.46. The smallest absolute Gasteiger partial charge is 0.0897 e. The van der Waals surface area contributed by atoms with Crippen molar-refractivity contribution in [2.75, 3.05) is 26.3 Å². The predicted molar refractivity (Wildman–Crippen MR) is 75.8 cm³/mol. The second kappa shape index (κ2) is 10.8. The highest BCUT2D eigenvalue weighted by atomic mass is 16.5. The van der Waals surface area contributed by atoms with E-state index in [-0.39, 0.29) is 6.10 Å². The van der Waals surface area contributed by atoms with Gasteiger partial charge in [0.2, 0.25) is 0 Å². The molecule has 0 heterocycles. The van der Waals surface area contributed by atoms with Crippen LogP contribution >= 0.6 is 0 Å². The van der Waals surface area contributed by atoms with E-state index < -0.39 is 0 Å². The number of hydrogen-bond acceptors (Lipinski definition) is 3. The van der Waals surface area contributed by atoms with Crippen molar-refractivity contribution < 1.29 is 9.84 Å². The van der Waals surface area contributed by atoms with Gasteiger partial charge in [-0.25, -0.2) is 0 Å². The molecule has 0 amide bonds. The van der Waals surface area contributed by atoms with Gasteiger partial charge in [0.15, 0.2) is 0 Å². The molecule has 2 N–H and O–H groups in total. The Morgan fingerprint density at radius 1 is 1.22 bits per heavy atom. The molecule has 0 spiro atoms. The van der Waals surface area contributed by atoms with Gasteiger partial charge in [0.05, 0.1) is 12.7 Å². The molecule has 3 heteroatoms. The lowest BCUT2D eigenvalue weighted by atomic mass is 10.2. The maximum Gasteiger partial charge on any atom is 0.0897 e. The van der Waals surface area contributed by atoms with E-state index in [1.165, 1.54) is 44.9 Å². The lowest BCUT2D eigenvalue weighted by molar-refractivity contribution is 0.0355. The minimum atomic E-state index is -0.350. The molecule has 0 bridgehead atoms.